The van der Waals surface area contributed by atoms with Gasteiger partial charge in [0.2, 0.25) is 0 Å². The van der Waals surface area contributed by atoms with Gasteiger partial charge >= 0.3 is 0 Å². The molecule has 0 radical (unpaired) electrons. The van der Waals surface area contributed by atoms with Crippen molar-refractivity contribution >= 4 is 22.7 Å². The van der Waals surface area contributed by atoms with Crippen molar-refractivity contribution in [1.29, 1.82) is 0 Å². The average molecular weight is 326 g/mol. The summed E-state index contributed by atoms with van der Waals surface area (Å²) < 4.78 is 0. The molecule has 0 saturated carbocycles. The Kier molecular flexibility index (Phi) is 4.29. The quantitative estimate of drug-likeness (QED) is 0.565. The molecule has 7 heteroatoms. The van der Waals surface area contributed by atoms with Gasteiger partial charge in [-0.3, -0.25) is 20.1 Å². The molecule has 3 rings (SSSR count). The predicted molar refractivity (Wildman–Crippen MR) is 90.5 cm³/mol. The highest BCUT2D eigenvalue weighted by molar-refractivity contribution is 7.16. The van der Waals surface area contributed by atoms with Crippen LogP contribution in [0, 0.1) is 17.0 Å². The van der Waals surface area contributed by atoms with Crippen molar-refractivity contribution in [3.05, 3.63) is 69.5 Å². The van der Waals surface area contributed by atoms with Crippen LogP contribution in [0.15, 0.2) is 48.9 Å². The molecule has 0 unspecified atom stereocenters. The fraction of sp³-hybridized carbons (Fsp3) is 0.125. The van der Waals surface area contributed by atoms with E-state index in [9.17, 15) is 10.1 Å². The molecule has 23 heavy (non-hydrogen) atoms. The second kappa shape index (κ2) is 6.53. The molecule has 0 aliphatic carbocycles. The van der Waals surface area contributed by atoms with E-state index in [4.69, 9.17) is 0 Å². The zero-order valence-electron chi connectivity index (χ0n) is 12.4. The van der Waals surface area contributed by atoms with E-state index < -0.39 is 0 Å². The van der Waals surface area contributed by atoms with E-state index in [0.29, 0.717) is 6.54 Å². The van der Waals surface area contributed by atoms with Crippen molar-refractivity contribution in [3.8, 4) is 10.6 Å². The minimum absolute atomic E-state index is 0.103. The van der Waals surface area contributed by atoms with Gasteiger partial charge in [-0.15, -0.1) is 11.3 Å². The smallest absolute Gasteiger partial charge is 0.269 e. The molecule has 2 heterocycles. The number of benzene rings is 1. The first kappa shape index (κ1) is 15.1. The summed E-state index contributed by atoms with van der Waals surface area (Å²) in [5, 5.41) is 14.1. The van der Waals surface area contributed by atoms with Crippen LogP contribution < -0.4 is 5.32 Å². The Labute approximate surface area is 137 Å². The van der Waals surface area contributed by atoms with Gasteiger partial charge < -0.3 is 5.32 Å². The van der Waals surface area contributed by atoms with Crippen molar-refractivity contribution in [2.24, 2.45) is 0 Å². The SMILES string of the molecule is Cc1sc(-c2cnccn2)cc1NCc1cccc([N+](=O)[O-])c1. The third kappa shape index (κ3) is 3.51. The molecular formula is C16H14N4O2S. The van der Waals surface area contributed by atoms with Gasteiger partial charge in [-0.25, -0.2) is 0 Å². The summed E-state index contributed by atoms with van der Waals surface area (Å²) in [4.78, 5) is 21.0. The molecule has 0 atom stereocenters. The third-order valence-corrected chi connectivity index (χ3v) is 4.41. The van der Waals surface area contributed by atoms with Crippen molar-refractivity contribution < 1.29 is 4.92 Å². The van der Waals surface area contributed by atoms with E-state index >= 15 is 0 Å². The Morgan fingerprint density at radius 2 is 2.17 bits per heavy atom. The Morgan fingerprint density at radius 3 is 2.91 bits per heavy atom. The zero-order chi connectivity index (χ0) is 16.2. The molecule has 0 bridgehead atoms. The lowest BCUT2D eigenvalue weighted by Crippen LogP contribution is -2.00. The first-order chi connectivity index (χ1) is 11.1. The molecule has 1 aromatic carbocycles. The van der Waals surface area contributed by atoms with Gasteiger partial charge in [-0.2, -0.15) is 0 Å². The first-order valence-electron chi connectivity index (χ1n) is 6.97. The molecular weight excluding hydrogens is 312 g/mol. The summed E-state index contributed by atoms with van der Waals surface area (Å²) in [6, 6.07) is 8.66. The van der Waals surface area contributed by atoms with Crippen LogP contribution in [0.5, 0.6) is 0 Å². The molecule has 0 aliphatic rings. The van der Waals surface area contributed by atoms with Crippen LogP contribution in [0.1, 0.15) is 10.4 Å². The maximum absolute atomic E-state index is 10.8. The summed E-state index contributed by atoms with van der Waals surface area (Å²) in [6.45, 7) is 2.56. The number of anilines is 1. The lowest BCUT2D eigenvalue weighted by atomic mass is 10.2. The van der Waals surface area contributed by atoms with Crippen LogP contribution in [0.4, 0.5) is 11.4 Å². The number of non-ortho nitro benzene ring substituents is 1. The van der Waals surface area contributed by atoms with Crippen LogP contribution in [0.2, 0.25) is 0 Å². The number of hydrogen-bond acceptors (Lipinski definition) is 6. The number of nitro groups is 1. The molecule has 0 aliphatic heterocycles. The maximum Gasteiger partial charge on any atom is 0.269 e. The van der Waals surface area contributed by atoms with Crippen LogP contribution in [0.25, 0.3) is 10.6 Å². The monoisotopic (exact) mass is 326 g/mol. The van der Waals surface area contributed by atoms with Crippen LogP contribution in [0.3, 0.4) is 0 Å². The minimum Gasteiger partial charge on any atom is -0.380 e. The fourth-order valence-corrected chi connectivity index (χ4v) is 3.15. The molecule has 0 spiro atoms. The van der Waals surface area contributed by atoms with Crippen molar-refractivity contribution in [2.75, 3.05) is 5.32 Å². The molecule has 116 valence electrons. The Morgan fingerprint density at radius 1 is 1.30 bits per heavy atom. The van der Waals surface area contributed by atoms with Crippen LogP contribution in [-0.2, 0) is 6.54 Å². The average Bonchev–Trinajstić information content (AvgIpc) is 2.95. The van der Waals surface area contributed by atoms with Gasteiger partial charge in [0, 0.05) is 41.6 Å². The zero-order valence-corrected chi connectivity index (χ0v) is 13.2. The number of nitro benzene ring substituents is 1. The van der Waals surface area contributed by atoms with Crippen LogP contribution >= 0.6 is 11.3 Å². The number of hydrogen-bond donors (Lipinski definition) is 1. The van der Waals surface area contributed by atoms with Gasteiger partial charge in [-0.05, 0) is 18.6 Å². The molecule has 3 aromatic rings. The van der Waals surface area contributed by atoms with Gasteiger partial charge in [0.25, 0.3) is 5.69 Å². The van der Waals surface area contributed by atoms with E-state index in [1.54, 1.807) is 42.1 Å². The van der Waals surface area contributed by atoms with E-state index in [1.165, 1.54) is 6.07 Å². The normalized spacial score (nSPS) is 10.5. The molecule has 0 fully saturated rings. The Bertz CT molecular complexity index is 833. The highest BCUT2D eigenvalue weighted by Gasteiger charge is 2.09. The van der Waals surface area contributed by atoms with Gasteiger partial charge in [0.15, 0.2) is 0 Å². The van der Waals surface area contributed by atoms with Crippen molar-refractivity contribution in [2.45, 2.75) is 13.5 Å². The molecule has 6 nitrogen and oxygen atoms in total. The highest BCUT2D eigenvalue weighted by Crippen LogP contribution is 2.33. The number of nitrogens with one attached hydrogen (secondary N) is 1. The van der Waals surface area contributed by atoms with Gasteiger partial charge in [0.1, 0.15) is 0 Å². The standard InChI is InChI=1S/C16H14N4O2S/c1-11-14(8-16(23-11)15-10-17-5-6-18-15)19-9-12-3-2-4-13(7-12)20(21)22/h2-8,10,19H,9H2,1H3. The second-order valence-corrected chi connectivity index (χ2v) is 6.21. The van der Waals surface area contributed by atoms with E-state index in [2.05, 4.69) is 15.3 Å². The van der Waals surface area contributed by atoms with E-state index in [-0.39, 0.29) is 10.6 Å². The number of rotatable bonds is 5. The second-order valence-electron chi connectivity index (χ2n) is 4.95. The van der Waals surface area contributed by atoms with Crippen molar-refractivity contribution in [1.82, 2.24) is 9.97 Å². The van der Waals surface area contributed by atoms with E-state index in [0.717, 1.165) is 26.7 Å². The molecule has 1 N–H and O–H groups in total. The first-order valence-corrected chi connectivity index (χ1v) is 7.79. The number of aromatic nitrogens is 2. The molecule has 2 aromatic heterocycles. The molecule has 0 amide bonds. The summed E-state index contributed by atoms with van der Waals surface area (Å²) in [5.74, 6) is 0. The van der Waals surface area contributed by atoms with E-state index in [1.807, 2.05) is 19.1 Å². The summed E-state index contributed by atoms with van der Waals surface area (Å²) in [7, 11) is 0. The Balaban J connectivity index is 1.75. The summed E-state index contributed by atoms with van der Waals surface area (Å²) >= 11 is 1.64. The lowest BCUT2D eigenvalue weighted by Gasteiger charge is -2.05. The van der Waals surface area contributed by atoms with Crippen LogP contribution in [-0.4, -0.2) is 14.9 Å². The van der Waals surface area contributed by atoms with Gasteiger partial charge in [-0.1, -0.05) is 12.1 Å². The number of nitrogens with zero attached hydrogens (tertiary/aromatic N) is 3. The lowest BCUT2D eigenvalue weighted by molar-refractivity contribution is -0.384. The summed E-state index contributed by atoms with van der Waals surface area (Å²) in [5.41, 5.74) is 2.81. The maximum atomic E-state index is 10.8. The van der Waals surface area contributed by atoms with Crippen molar-refractivity contribution in [3.63, 3.8) is 0 Å². The minimum atomic E-state index is -0.383. The number of aryl methyl sites for hydroxylation is 1. The molecule has 0 saturated heterocycles. The fourth-order valence-electron chi connectivity index (χ4n) is 2.19. The topological polar surface area (TPSA) is 81.0 Å². The Hall–Kier alpha value is -2.80. The summed E-state index contributed by atoms with van der Waals surface area (Å²) in [6.07, 6.45) is 5.04. The van der Waals surface area contributed by atoms with Gasteiger partial charge in [0.05, 0.1) is 21.7 Å². The highest BCUT2D eigenvalue weighted by atomic mass is 32.1. The number of thiophene rings is 1. The largest absolute Gasteiger partial charge is 0.380 e. The third-order valence-electron chi connectivity index (χ3n) is 3.34. The predicted octanol–water partition coefficient (Wildman–Crippen LogP) is 4.03.